The second-order valence-electron chi connectivity index (χ2n) is 6.49. The monoisotopic (exact) mass is 402 g/mol. The van der Waals surface area contributed by atoms with Crippen molar-refractivity contribution >= 4 is 35.0 Å². The molecule has 3 aromatic carbocycles. The molecule has 0 aliphatic heterocycles. The van der Waals surface area contributed by atoms with Crippen LogP contribution < -0.4 is 15.4 Å². The third kappa shape index (κ3) is 6.90. The van der Waals surface area contributed by atoms with E-state index in [4.69, 9.17) is 17.0 Å². The molecule has 4 nitrogen and oxygen atoms in total. The average Bonchev–Trinajstić information content (AvgIpc) is 2.73. The molecule has 0 aromatic heterocycles. The van der Waals surface area contributed by atoms with Crippen molar-refractivity contribution in [3.8, 4) is 5.75 Å². The van der Waals surface area contributed by atoms with Gasteiger partial charge in [-0.1, -0.05) is 60.2 Å². The lowest BCUT2D eigenvalue weighted by atomic mass is 10.1. The number of carbonyl (C=O) groups is 1. The molecule has 3 aromatic rings. The molecule has 0 aliphatic rings. The highest BCUT2D eigenvalue weighted by molar-refractivity contribution is 7.80. The van der Waals surface area contributed by atoms with Crippen LogP contribution in [0.1, 0.15) is 16.7 Å². The lowest BCUT2D eigenvalue weighted by Crippen LogP contribution is -2.32. The second kappa shape index (κ2) is 10.2. The summed E-state index contributed by atoms with van der Waals surface area (Å²) in [4.78, 5) is 12.0. The molecule has 29 heavy (non-hydrogen) atoms. The molecule has 0 spiro atoms. The molecule has 0 heterocycles. The van der Waals surface area contributed by atoms with Crippen LogP contribution in [0.2, 0.25) is 0 Å². The molecule has 3 rings (SSSR count). The molecule has 0 atom stereocenters. The van der Waals surface area contributed by atoms with Crippen LogP contribution >= 0.6 is 12.2 Å². The topological polar surface area (TPSA) is 50.4 Å². The quantitative estimate of drug-likeness (QED) is 0.445. The Hall–Kier alpha value is -3.44. The normalized spacial score (nSPS) is 10.5. The molecule has 2 N–H and O–H groups in total. The number of rotatable bonds is 6. The molecule has 146 valence electrons. The fraction of sp³-hybridized carbons (Fsp3) is 0.0833. The van der Waals surface area contributed by atoms with Crippen LogP contribution in [-0.4, -0.2) is 11.0 Å². The zero-order chi connectivity index (χ0) is 20.5. The third-order valence-corrected chi connectivity index (χ3v) is 4.31. The standard InChI is InChI=1S/C24H22N2O2S/c1-18-7-9-19(10-8-18)11-16-23(27)26-24(29)25-21-12-14-22(15-13-21)28-17-20-5-3-2-4-6-20/h2-16H,17H2,1H3,(H2,25,26,27,29). The Bertz CT molecular complexity index is 982. The lowest BCUT2D eigenvalue weighted by molar-refractivity contribution is -0.115. The van der Waals surface area contributed by atoms with Crippen LogP contribution in [0.25, 0.3) is 6.08 Å². The molecule has 0 bridgehead atoms. The van der Waals surface area contributed by atoms with Gasteiger partial charge in [0.1, 0.15) is 12.4 Å². The van der Waals surface area contributed by atoms with Crippen molar-refractivity contribution in [1.82, 2.24) is 5.32 Å². The van der Waals surface area contributed by atoms with Gasteiger partial charge in [0.25, 0.3) is 0 Å². The van der Waals surface area contributed by atoms with Crippen molar-refractivity contribution in [2.45, 2.75) is 13.5 Å². The van der Waals surface area contributed by atoms with Gasteiger partial charge in [-0.25, -0.2) is 0 Å². The first-order valence-corrected chi connectivity index (χ1v) is 9.63. The van der Waals surface area contributed by atoms with Crippen molar-refractivity contribution in [2.24, 2.45) is 0 Å². The van der Waals surface area contributed by atoms with E-state index < -0.39 is 0 Å². The smallest absolute Gasteiger partial charge is 0.250 e. The first-order chi connectivity index (χ1) is 14.1. The highest BCUT2D eigenvalue weighted by Crippen LogP contribution is 2.17. The largest absolute Gasteiger partial charge is 0.489 e. The molecule has 0 radical (unpaired) electrons. The number of thiocarbonyl (C=S) groups is 1. The van der Waals surface area contributed by atoms with E-state index in [1.165, 1.54) is 11.6 Å². The van der Waals surface area contributed by atoms with E-state index in [0.717, 1.165) is 22.6 Å². The summed E-state index contributed by atoms with van der Waals surface area (Å²) in [6.07, 6.45) is 3.20. The number of ether oxygens (including phenoxy) is 1. The fourth-order valence-corrected chi connectivity index (χ4v) is 2.76. The van der Waals surface area contributed by atoms with E-state index in [0.29, 0.717) is 6.61 Å². The average molecular weight is 403 g/mol. The number of anilines is 1. The Morgan fingerprint density at radius 2 is 1.66 bits per heavy atom. The van der Waals surface area contributed by atoms with Gasteiger partial charge >= 0.3 is 0 Å². The molecule has 0 unspecified atom stereocenters. The number of nitrogens with one attached hydrogen (secondary N) is 2. The van der Waals surface area contributed by atoms with Gasteiger partial charge in [0.15, 0.2) is 5.11 Å². The third-order valence-electron chi connectivity index (χ3n) is 4.10. The first-order valence-electron chi connectivity index (χ1n) is 9.22. The van der Waals surface area contributed by atoms with Crippen molar-refractivity contribution in [1.29, 1.82) is 0 Å². The molecule has 0 saturated heterocycles. The van der Waals surface area contributed by atoms with Crippen molar-refractivity contribution < 1.29 is 9.53 Å². The van der Waals surface area contributed by atoms with Gasteiger partial charge in [-0.05, 0) is 60.6 Å². The molecule has 0 fully saturated rings. The number of carbonyl (C=O) groups excluding carboxylic acids is 1. The van der Waals surface area contributed by atoms with E-state index in [1.807, 2.05) is 85.8 Å². The number of hydrogen-bond donors (Lipinski definition) is 2. The molecule has 0 aliphatic carbocycles. The van der Waals surface area contributed by atoms with Crippen LogP contribution in [0.4, 0.5) is 5.69 Å². The summed E-state index contributed by atoms with van der Waals surface area (Å²) in [6.45, 7) is 2.53. The summed E-state index contributed by atoms with van der Waals surface area (Å²) in [7, 11) is 0. The van der Waals surface area contributed by atoms with Crippen LogP contribution in [0.15, 0.2) is 84.9 Å². The maximum Gasteiger partial charge on any atom is 0.250 e. The summed E-state index contributed by atoms with van der Waals surface area (Å²) in [5.41, 5.74) is 4.01. The molecular weight excluding hydrogens is 380 g/mol. The zero-order valence-electron chi connectivity index (χ0n) is 16.1. The first kappa shape index (κ1) is 20.3. The number of amides is 1. The van der Waals surface area contributed by atoms with E-state index in [1.54, 1.807) is 6.08 Å². The maximum absolute atomic E-state index is 12.0. The predicted molar refractivity (Wildman–Crippen MR) is 122 cm³/mol. The molecule has 0 saturated carbocycles. The maximum atomic E-state index is 12.0. The number of benzene rings is 3. The number of hydrogen-bond acceptors (Lipinski definition) is 3. The summed E-state index contributed by atoms with van der Waals surface area (Å²) in [5.74, 6) is 0.473. The molecule has 1 amide bonds. The van der Waals surface area contributed by atoms with Crippen LogP contribution in [-0.2, 0) is 11.4 Å². The summed E-state index contributed by atoms with van der Waals surface area (Å²) >= 11 is 5.20. The second-order valence-corrected chi connectivity index (χ2v) is 6.89. The van der Waals surface area contributed by atoms with Gasteiger partial charge in [0.2, 0.25) is 5.91 Å². The SMILES string of the molecule is Cc1ccc(C=CC(=O)NC(=S)Nc2ccc(OCc3ccccc3)cc2)cc1. The summed E-state index contributed by atoms with van der Waals surface area (Å²) < 4.78 is 5.76. The van der Waals surface area contributed by atoms with Crippen molar-refractivity contribution in [2.75, 3.05) is 5.32 Å². The highest BCUT2D eigenvalue weighted by atomic mass is 32.1. The number of aryl methyl sites for hydroxylation is 1. The van der Waals surface area contributed by atoms with Gasteiger partial charge in [0.05, 0.1) is 0 Å². The van der Waals surface area contributed by atoms with Gasteiger partial charge in [0, 0.05) is 11.8 Å². The van der Waals surface area contributed by atoms with Crippen molar-refractivity contribution in [3.05, 3.63) is 102 Å². The van der Waals surface area contributed by atoms with Crippen LogP contribution in [0.3, 0.4) is 0 Å². The van der Waals surface area contributed by atoms with Crippen LogP contribution in [0, 0.1) is 6.92 Å². The van der Waals surface area contributed by atoms with E-state index in [-0.39, 0.29) is 11.0 Å². The summed E-state index contributed by atoms with van der Waals surface area (Å²) in [5, 5.41) is 5.86. The Kier molecular flexibility index (Phi) is 7.14. The minimum absolute atomic E-state index is 0.238. The zero-order valence-corrected chi connectivity index (χ0v) is 16.9. The van der Waals surface area contributed by atoms with E-state index in [2.05, 4.69) is 10.6 Å². The van der Waals surface area contributed by atoms with Gasteiger partial charge in [-0.15, -0.1) is 0 Å². The Morgan fingerprint density at radius 3 is 2.34 bits per heavy atom. The van der Waals surface area contributed by atoms with Gasteiger partial charge in [-0.2, -0.15) is 0 Å². The van der Waals surface area contributed by atoms with E-state index in [9.17, 15) is 4.79 Å². The Balaban J connectivity index is 1.46. The van der Waals surface area contributed by atoms with Crippen molar-refractivity contribution in [3.63, 3.8) is 0 Å². The Morgan fingerprint density at radius 1 is 0.966 bits per heavy atom. The minimum atomic E-state index is -0.286. The fourth-order valence-electron chi connectivity index (χ4n) is 2.54. The summed E-state index contributed by atoms with van der Waals surface area (Å²) in [6, 6.07) is 25.3. The van der Waals surface area contributed by atoms with Gasteiger partial charge in [-0.3, -0.25) is 10.1 Å². The minimum Gasteiger partial charge on any atom is -0.489 e. The van der Waals surface area contributed by atoms with Crippen LogP contribution in [0.5, 0.6) is 5.75 Å². The van der Waals surface area contributed by atoms with Gasteiger partial charge < -0.3 is 10.1 Å². The lowest BCUT2D eigenvalue weighted by Gasteiger charge is -2.10. The van der Waals surface area contributed by atoms with E-state index >= 15 is 0 Å². The highest BCUT2D eigenvalue weighted by Gasteiger charge is 2.03. The molecular formula is C24H22N2O2S. The Labute approximate surface area is 176 Å². The predicted octanol–water partition coefficient (Wildman–Crippen LogP) is 5.10. The molecule has 5 heteroatoms.